The summed E-state index contributed by atoms with van der Waals surface area (Å²) in [7, 11) is 3.73. The van der Waals surface area contributed by atoms with Gasteiger partial charge in [-0.05, 0) is 11.4 Å². The summed E-state index contributed by atoms with van der Waals surface area (Å²) in [6.45, 7) is 0.693. The normalized spacial score (nSPS) is 10.8. The highest BCUT2D eigenvalue weighted by Crippen LogP contribution is 2.26. The lowest BCUT2D eigenvalue weighted by atomic mass is 10.3. The van der Waals surface area contributed by atoms with E-state index in [2.05, 4.69) is 25.7 Å². The smallest absolute Gasteiger partial charge is 0.225 e. The van der Waals surface area contributed by atoms with E-state index in [0.717, 1.165) is 21.6 Å². The predicted octanol–water partition coefficient (Wildman–Crippen LogP) is 2.08. The van der Waals surface area contributed by atoms with Crippen molar-refractivity contribution in [2.75, 3.05) is 17.7 Å². The molecule has 0 atom stereocenters. The van der Waals surface area contributed by atoms with Crippen LogP contribution in [0.1, 0.15) is 5.56 Å². The molecule has 0 saturated heterocycles. The third kappa shape index (κ3) is 2.37. The van der Waals surface area contributed by atoms with Crippen LogP contribution in [0.25, 0.3) is 10.2 Å². The van der Waals surface area contributed by atoms with Gasteiger partial charge in [0.05, 0.1) is 11.6 Å². The first kappa shape index (κ1) is 11.9. The van der Waals surface area contributed by atoms with E-state index < -0.39 is 0 Å². The van der Waals surface area contributed by atoms with E-state index in [0.29, 0.717) is 12.5 Å². The molecule has 0 aliphatic heterocycles. The molecular formula is C12H14N6S. The Morgan fingerprint density at radius 3 is 3.00 bits per heavy atom. The molecule has 3 aromatic rings. The molecule has 0 radical (unpaired) electrons. The molecule has 0 aliphatic carbocycles. The van der Waals surface area contributed by atoms with Crippen molar-refractivity contribution in [3.8, 4) is 0 Å². The molecule has 6 nitrogen and oxygen atoms in total. The zero-order valence-electron chi connectivity index (χ0n) is 10.7. The summed E-state index contributed by atoms with van der Waals surface area (Å²) < 4.78 is 1.79. The SMILES string of the molecule is CNc1nc(NCc2cnn(C)c2)c2ccsc2n1. The average Bonchev–Trinajstić information content (AvgIpc) is 3.04. The number of nitrogens with one attached hydrogen (secondary N) is 2. The molecule has 0 bridgehead atoms. The van der Waals surface area contributed by atoms with E-state index in [1.54, 1.807) is 16.0 Å². The Balaban J connectivity index is 1.88. The van der Waals surface area contributed by atoms with Crippen LogP contribution in [0.4, 0.5) is 11.8 Å². The molecule has 0 amide bonds. The topological polar surface area (TPSA) is 67.7 Å². The van der Waals surface area contributed by atoms with E-state index in [1.165, 1.54) is 0 Å². The van der Waals surface area contributed by atoms with Crippen LogP contribution in [0.15, 0.2) is 23.8 Å². The largest absolute Gasteiger partial charge is 0.365 e. The minimum Gasteiger partial charge on any atom is -0.365 e. The minimum atomic E-state index is 0.628. The first-order chi connectivity index (χ1) is 9.26. The van der Waals surface area contributed by atoms with Crippen LogP contribution in [-0.2, 0) is 13.6 Å². The van der Waals surface area contributed by atoms with E-state index in [1.807, 2.05) is 37.9 Å². The standard InChI is InChI=1S/C12H14N6S/c1-13-12-16-10(9-3-4-19-11(9)17-12)14-5-8-6-15-18(2)7-8/h3-4,6-7H,5H2,1-2H3,(H2,13,14,16,17). The van der Waals surface area contributed by atoms with Crippen molar-refractivity contribution < 1.29 is 0 Å². The van der Waals surface area contributed by atoms with Crippen molar-refractivity contribution in [2.24, 2.45) is 7.05 Å². The number of nitrogens with zero attached hydrogens (tertiary/aromatic N) is 4. The van der Waals surface area contributed by atoms with Gasteiger partial charge in [-0.3, -0.25) is 4.68 Å². The van der Waals surface area contributed by atoms with Crippen molar-refractivity contribution in [1.29, 1.82) is 0 Å². The molecule has 0 aromatic carbocycles. The number of hydrogen-bond donors (Lipinski definition) is 2. The molecule has 2 N–H and O–H groups in total. The molecule has 3 rings (SSSR count). The average molecular weight is 274 g/mol. The second-order valence-corrected chi connectivity index (χ2v) is 5.06. The van der Waals surface area contributed by atoms with Crippen LogP contribution in [0.2, 0.25) is 0 Å². The maximum absolute atomic E-state index is 4.46. The summed E-state index contributed by atoms with van der Waals surface area (Å²) in [6.07, 6.45) is 3.83. The fourth-order valence-electron chi connectivity index (χ4n) is 1.85. The molecule has 0 unspecified atom stereocenters. The zero-order chi connectivity index (χ0) is 13.2. The molecule has 0 saturated carbocycles. The van der Waals surface area contributed by atoms with Gasteiger partial charge in [-0.15, -0.1) is 11.3 Å². The third-order valence-corrected chi connectivity index (χ3v) is 3.57. The molecule has 0 spiro atoms. The van der Waals surface area contributed by atoms with E-state index in [9.17, 15) is 0 Å². The molecule has 0 aliphatic rings. The lowest BCUT2D eigenvalue weighted by molar-refractivity contribution is 0.767. The Morgan fingerprint density at radius 1 is 1.37 bits per heavy atom. The molecular weight excluding hydrogens is 260 g/mol. The highest BCUT2D eigenvalue weighted by Gasteiger charge is 2.08. The number of rotatable bonds is 4. The molecule has 3 heterocycles. The summed E-state index contributed by atoms with van der Waals surface area (Å²) in [5.74, 6) is 1.48. The van der Waals surface area contributed by atoms with Gasteiger partial charge in [0.15, 0.2) is 0 Å². The summed E-state index contributed by atoms with van der Waals surface area (Å²) in [4.78, 5) is 9.85. The molecule has 0 fully saturated rings. The second-order valence-electron chi connectivity index (χ2n) is 4.16. The number of anilines is 2. The van der Waals surface area contributed by atoms with Crippen LogP contribution in [0.5, 0.6) is 0 Å². The molecule has 7 heteroatoms. The van der Waals surface area contributed by atoms with Gasteiger partial charge in [0, 0.05) is 32.4 Å². The lowest BCUT2D eigenvalue weighted by Crippen LogP contribution is -2.04. The van der Waals surface area contributed by atoms with Gasteiger partial charge in [-0.2, -0.15) is 10.1 Å². The highest BCUT2D eigenvalue weighted by atomic mass is 32.1. The number of hydrogen-bond acceptors (Lipinski definition) is 6. The van der Waals surface area contributed by atoms with Crippen molar-refractivity contribution in [2.45, 2.75) is 6.54 Å². The Bertz CT molecular complexity index is 701. The van der Waals surface area contributed by atoms with Gasteiger partial charge >= 0.3 is 0 Å². The van der Waals surface area contributed by atoms with Gasteiger partial charge in [0.25, 0.3) is 0 Å². The van der Waals surface area contributed by atoms with Crippen molar-refractivity contribution in [3.63, 3.8) is 0 Å². The van der Waals surface area contributed by atoms with Crippen LogP contribution in [-0.4, -0.2) is 26.8 Å². The second kappa shape index (κ2) is 4.85. The molecule has 19 heavy (non-hydrogen) atoms. The van der Waals surface area contributed by atoms with Crippen LogP contribution in [0, 0.1) is 0 Å². The van der Waals surface area contributed by atoms with Crippen LogP contribution < -0.4 is 10.6 Å². The molecule has 3 aromatic heterocycles. The van der Waals surface area contributed by atoms with Crippen molar-refractivity contribution in [3.05, 3.63) is 29.4 Å². The Morgan fingerprint density at radius 2 is 2.26 bits per heavy atom. The van der Waals surface area contributed by atoms with Crippen LogP contribution >= 0.6 is 11.3 Å². The highest BCUT2D eigenvalue weighted by molar-refractivity contribution is 7.16. The maximum atomic E-state index is 4.46. The summed E-state index contributed by atoms with van der Waals surface area (Å²) in [5.41, 5.74) is 1.12. The maximum Gasteiger partial charge on any atom is 0.225 e. The number of aromatic nitrogens is 4. The summed E-state index contributed by atoms with van der Waals surface area (Å²) in [6, 6.07) is 2.03. The Kier molecular flexibility index (Phi) is 3.04. The third-order valence-electron chi connectivity index (χ3n) is 2.77. The van der Waals surface area contributed by atoms with Gasteiger partial charge in [-0.1, -0.05) is 0 Å². The fraction of sp³-hybridized carbons (Fsp3) is 0.250. The zero-order valence-corrected chi connectivity index (χ0v) is 11.5. The summed E-state index contributed by atoms with van der Waals surface area (Å²) >= 11 is 1.61. The Labute approximate surface area is 114 Å². The predicted molar refractivity (Wildman–Crippen MR) is 77.5 cm³/mol. The van der Waals surface area contributed by atoms with Gasteiger partial charge in [0.1, 0.15) is 10.6 Å². The van der Waals surface area contributed by atoms with E-state index in [4.69, 9.17) is 0 Å². The Hall–Kier alpha value is -2.15. The first-order valence-electron chi connectivity index (χ1n) is 5.90. The van der Waals surface area contributed by atoms with E-state index >= 15 is 0 Å². The van der Waals surface area contributed by atoms with Gasteiger partial charge in [0.2, 0.25) is 5.95 Å². The van der Waals surface area contributed by atoms with Crippen LogP contribution in [0.3, 0.4) is 0 Å². The van der Waals surface area contributed by atoms with E-state index in [-0.39, 0.29) is 0 Å². The van der Waals surface area contributed by atoms with Crippen molar-refractivity contribution >= 4 is 33.3 Å². The fourth-order valence-corrected chi connectivity index (χ4v) is 2.61. The molecule has 98 valence electrons. The van der Waals surface area contributed by atoms with Gasteiger partial charge in [-0.25, -0.2) is 4.98 Å². The minimum absolute atomic E-state index is 0.628. The number of thiophene rings is 1. The number of aryl methyl sites for hydroxylation is 1. The lowest BCUT2D eigenvalue weighted by Gasteiger charge is -2.07. The first-order valence-corrected chi connectivity index (χ1v) is 6.78. The van der Waals surface area contributed by atoms with Crippen molar-refractivity contribution in [1.82, 2.24) is 19.7 Å². The quantitative estimate of drug-likeness (QED) is 0.762. The van der Waals surface area contributed by atoms with Gasteiger partial charge < -0.3 is 10.6 Å². The number of fused-ring (bicyclic) bond motifs is 1. The monoisotopic (exact) mass is 274 g/mol. The summed E-state index contributed by atoms with van der Waals surface area (Å²) in [5, 5.41) is 13.5.